The molecule has 1 aliphatic heterocycles. The van der Waals surface area contributed by atoms with Gasteiger partial charge in [0.1, 0.15) is 16.4 Å². The number of nitrogens with zero attached hydrogens (tertiary/aromatic N) is 2. The topological polar surface area (TPSA) is 106 Å². The van der Waals surface area contributed by atoms with Crippen LogP contribution in [0.25, 0.3) is 5.76 Å². The van der Waals surface area contributed by atoms with Gasteiger partial charge in [-0.2, -0.15) is 0 Å². The van der Waals surface area contributed by atoms with E-state index in [2.05, 4.69) is 4.98 Å². The first-order chi connectivity index (χ1) is 17.1. The molecule has 1 atom stereocenters. The number of aryl methyl sites for hydroxylation is 2. The highest BCUT2D eigenvalue weighted by atomic mass is 35.5. The summed E-state index contributed by atoms with van der Waals surface area (Å²) in [7, 11) is 2.75. The molecule has 1 amide bonds. The molecule has 186 valence electrons. The largest absolute Gasteiger partial charge is 0.507 e. The number of Topliss-reactive ketones (excluding diaryl/α,β-unsaturated/α-hetero) is 1. The van der Waals surface area contributed by atoms with Crippen molar-refractivity contribution < 1.29 is 29.0 Å². The van der Waals surface area contributed by atoms with Gasteiger partial charge in [0, 0.05) is 5.56 Å². The van der Waals surface area contributed by atoms with Crippen LogP contribution in [0.3, 0.4) is 0 Å². The van der Waals surface area contributed by atoms with Gasteiger partial charge in [0.15, 0.2) is 5.13 Å². The summed E-state index contributed by atoms with van der Waals surface area (Å²) in [5.41, 5.74) is 1.58. The third kappa shape index (κ3) is 4.34. The molecule has 1 fully saturated rings. The van der Waals surface area contributed by atoms with Crippen LogP contribution in [0, 0.1) is 13.8 Å². The second kappa shape index (κ2) is 9.93. The quantitative estimate of drug-likeness (QED) is 0.195. The maximum Gasteiger partial charge on any atom is 0.350 e. The Balaban J connectivity index is 1.97. The molecule has 0 radical (unpaired) electrons. The fourth-order valence-corrected chi connectivity index (χ4v) is 5.29. The molecule has 0 saturated carbocycles. The number of rotatable bonds is 5. The highest BCUT2D eigenvalue weighted by Gasteiger charge is 2.48. The lowest BCUT2D eigenvalue weighted by Gasteiger charge is -2.23. The molecule has 0 bridgehead atoms. The van der Waals surface area contributed by atoms with Gasteiger partial charge >= 0.3 is 11.9 Å². The standard InChI is InChI=1S/C25H20Cl2N2O6S/c1-11-9-14(34-3)6-7-15(11)20(30)18-19(13-5-8-16(26)17(27)10-13)29(23(32)21(18)31)25-28-12(2)22(36-25)24(33)35-4/h5-10,19,30H,1-4H3/b20-18+/t19-/m1/s1. The van der Waals surface area contributed by atoms with E-state index < -0.39 is 23.7 Å². The van der Waals surface area contributed by atoms with E-state index in [1.54, 1.807) is 38.1 Å². The van der Waals surface area contributed by atoms with E-state index in [4.69, 9.17) is 32.7 Å². The molecule has 0 aliphatic carbocycles. The number of hydrogen-bond acceptors (Lipinski definition) is 8. The Hall–Kier alpha value is -3.40. The summed E-state index contributed by atoms with van der Waals surface area (Å²) in [6, 6.07) is 8.51. The second-order valence-electron chi connectivity index (χ2n) is 7.93. The molecule has 8 nitrogen and oxygen atoms in total. The number of aliphatic hydroxyl groups is 1. The third-order valence-electron chi connectivity index (χ3n) is 5.75. The van der Waals surface area contributed by atoms with Crippen LogP contribution in [-0.2, 0) is 14.3 Å². The summed E-state index contributed by atoms with van der Waals surface area (Å²) in [5.74, 6) is -2.24. The Bertz CT molecular complexity index is 1450. The summed E-state index contributed by atoms with van der Waals surface area (Å²) in [6.07, 6.45) is 0. The zero-order valence-electron chi connectivity index (χ0n) is 19.6. The summed E-state index contributed by atoms with van der Waals surface area (Å²) < 4.78 is 10.0. The van der Waals surface area contributed by atoms with Crippen molar-refractivity contribution in [3.63, 3.8) is 0 Å². The number of carbonyl (C=O) groups excluding carboxylic acids is 3. The van der Waals surface area contributed by atoms with E-state index in [1.807, 2.05) is 0 Å². The van der Waals surface area contributed by atoms with Crippen LogP contribution in [0.15, 0.2) is 42.0 Å². The number of aromatic nitrogens is 1. The van der Waals surface area contributed by atoms with Gasteiger partial charge in [0.25, 0.3) is 5.78 Å². The lowest BCUT2D eigenvalue weighted by molar-refractivity contribution is -0.132. The van der Waals surface area contributed by atoms with Crippen LogP contribution in [0.1, 0.15) is 38.1 Å². The third-order valence-corrected chi connectivity index (χ3v) is 7.63. The number of anilines is 1. The Morgan fingerprint density at radius 2 is 1.81 bits per heavy atom. The fraction of sp³-hybridized carbons (Fsp3) is 0.200. The predicted octanol–water partition coefficient (Wildman–Crippen LogP) is 5.49. The molecule has 1 N–H and O–H groups in total. The van der Waals surface area contributed by atoms with Crippen molar-refractivity contribution >= 4 is 63.1 Å². The van der Waals surface area contributed by atoms with E-state index in [9.17, 15) is 19.5 Å². The first-order valence-electron chi connectivity index (χ1n) is 10.6. The molecule has 11 heteroatoms. The van der Waals surface area contributed by atoms with Crippen molar-refractivity contribution in [2.45, 2.75) is 19.9 Å². The number of esters is 1. The number of benzene rings is 2. The van der Waals surface area contributed by atoms with E-state index in [0.717, 1.165) is 16.2 Å². The lowest BCUT2D eigenvalue weighted by Crippen LogP contribution is -2.29. The molecule has 2 heterocycles. The van der Waals surface area contributed by atoms with Crippen LogP contribution < -0.4 is 9.64 Å². The minimum Gasteiger partial charge on any atom is -0.507 e. The molecular formula is C25H20Cl2N2O6S. The molecule has 1 aromatic heterocycles. The van der Waals surface area contributed by atoms with E-state index in [-0.39, 0.29) is 31.4 Å². The van der Waals surface area contributed by atoms with Crippen molar-refractivity contribution in [3.8, 4) is 5.75 Å². The number of hydrogen-bond donors (Lipinski definition) is 1. The number of thiazole rings is 1. The molecule has 0 unspecified atom stereocenters. The Morgan fingerprint density at radius 1 is 1.08 bits per heavy atom. The van der Waals surface area contributed by atoms with Crippen LogP contribution in [0.5, 0.6) is 5.75 Å². The summed E-state index contributed by atoms with van der Waals surface area (Å²) >= 11 is 13.3. The van der Waals surface area contributed by atoms with Crippen LogP contribution in [0.2, 0.25) is 10.0 Å². The molecule has 0 spiro atoms. The number of aliphatic hydroxyl groups excluding tert-OH is 1. The van der Waals surface area contributed by atoms with E-state index >= 15 is 0 Å². The van der Waals surface area contributed by atoms with Gasteiger partial charge < -0.3 is 14.6 Å². The first kappa shape index (κ1) is 25.7. The number of ether oxygens (including phenoxy) is 2. The van der Waals surface area contributed by atoms with E-state index in [1.165, 1.54) is 26.4 Å². The van der Waals surface area contributed by atoms with Gasteiger partial charge in [-0.3, -0.25) is 14.5 Å². The van der Waals surface area contributed by atoms with Crippen molar-refractivity contribution in [2.24, 2.45) is 0 Å². The monoisotopic (exact) mass is 546 g/mol. The van der Waals surface area contributed by atoms with Gasteiger partial charge in [-0.25, -0.2) is 9.78 Å². The summed E-state index contributed by atoms with van der Waals surface area (Å²) in [4.78, 5) is 44.6. The molecule has 1 aliphatic rings. The Morgan fingerprint density at radius 3 is 2.42 bits per heavy atom. The molecule has 2 aromatic carbocycles. The first-order valence-corrected chi connectivity index (χ1v) is 12.1. The van der Waals surface area contributed by atoms with E-state index in [0.29, 0.717) is 28.1 Å². The summed E-state index contributed by atoms with van der Waals surface area (Å²) in [5, 5.41) is 11.9. The lowest BCUT2D eigenvalue weighted by atomic mass is 9.94. The summed E-state index contributed by atoms with van der Waals surface area (Å²) in [6.45, 7) is 3.34. The fourth-order valence-electron chi connectivity index (χ4n) is 3.97. The van der Waals surface area contributed by atoms with Crippen molar-refractivity contribution in [1.29, 1.82) is 0 Å². The predicted molar refractivity (Wildman–Crippen MR) is 137 cm³/mol. The van der Waals surface area contributed by atoms with Crippen molar-refractivity contribution in [2.75, 3.05) is 19.1 Å². The van der Waals surface area contributed by atoms with Gasteiger partial charge in [0.05, 0.1) is 41.6 Å². The second-order valence-corrected chi connectivity index (χ2v) is 9.72. The minimum atomic E-state index is -1.09. The average Bonchev–Trinajstić information content (AvgIpc) is 3.36. The minimum absolute atomic E-state index is 0.0941. The maximum atomic E-state index is 13.3. The Labute approximate surface area is 220 Å². The highest BCUT2D eigenvalue weighted by molar-refractivity contribution is 7.17. The molecular weight excluding hydrogens is 527 g/mol. The number of carbonyl (C=O) groups is 3. The maximum absolute atomic E-state index is 13.3. The van der Waals surface area contributed by atoms with Crippen LogP contribution in [0.4, 0.5) is 5.13 Å². The number of amides is 1. The molecule has 36 heavy (non-hydrogen) atoms. The van der Waals surface area contributed by atoms with Gasteiger partial charge in [0.2, 0.25) is 0 Å². The van der Waals surface area contributed by atoms with Crippen molar-refractivity contribution in [3.05, 3.63) is 79.3 Å². The molecule has 1 saturated heterocycles. The highest BCUT2D eigenvalue weighted by Crippen LogP contribution is 2.45. The Kier molecular flexibility index (Phi) is 7.08. The SMILES string of the molecule is COC(=O)c1sc(N2C(=O)C(=O)/C(=C(/O)c3ccc(OC)cc3C)[C@H]2c2ccc(Cl)c(Cl)c2)nc1C. The van der Waals surface area contributed by atoms with Gasteiger partial charge in [-0.1, -0.05) is 40.6 Å². The number of halogens is 2. The van der Waals surface area contributed by atoms with Gasteiger partial charge in [-0.05, 0) is 55.3 Å². The normalized spacial score (nSPS) is 16.9. The van der Waals surface area contributed by atoms with Gasteiger partial charge in [-0.15, -0.1) is 0 Å². The molecule has 3 aromatic rings. The van der Waals surface area contributed by atoms with Crippen molar-refractivity contribution in [1.82, 2.24) is 4.98 Å². The number of methoxy groups -OCH3 is 2. The van der Waals surface area contributed by atoms with Crippen LogP contribution >= 0.6 is 34.5 Å². The average molecular weight is 547 g/mol. The zero-order chi connectivity index (χ0) is 26.3. The smallest absolute Gasteiger partial charge is 0.350 e. The van der Waals surface area contributed by atoms with Crippen LogP contribution in [-0.4, -0.2) is 42.0 Å². The number of ketones is 1. The zero-order valence-corrected chi connectivity index (χ0v) is 21.9. The molecule has 4 rings (SSSR count).